The number of carbonyl (C=O) groups is 1. The summed E-state index contributed by atoms with van der Waals surface area (Å²) in [5.74, 6) is 0.535. The first-order valence-electron chi connectivity index (χ1n) is 6.67. The van der Waals surface area contributed by atoms with Crippen LogP contribution in [0.15, 0.2) is 24.3 Å². The van der Waals surface area contributed by atoms with Crippen LogP contribution >= 0.6 is 24.0 Å². The Morgan fingerprint density at radius 3 is 2.35 bits per heavy atom. The maximum atomic E-state index is 11.8. The molecule has 1 amide bonds. The number of halogens is 2. The zero-order chi connectivity index (χ0) is 13.5. The Labute approximate surface area is 130 Å². The second kappa shape index (κ2) is 9.06. The van der Waals surface area contributed by atoms with Crippen molar-refractivity contribution in [3.63, 3.8) is 0 Å². The lowest BCUT2D eigenvalue weighted by Gasteiger charge is -2.20. The van der Waals surface area contributed by atoms with Gasteiger partial charge in [0, 0.05) is 18.1 Å². The summed E-state index contributed by atoms with van der Waals surface area (Å²) < 4.78 is 5.40. The topological polar surface area (TPSA) is 41.6 Å². The molecule has 0 unspecified atom stereocenters. The number of hydrogen-bond acceptors (Lipinski definition) is 3. The number of rotatable bonds is 4. The van der Waals surface area contributed by atoms with Crippen LogP contribution < -0.4 is 10.2 Å². The predicted molar refractivity (Wildman–Crippen MR) is 82.4 cm³/mol. The van der Waals surface area contributed by atoms with E-state index in [1.165, 1.54) is 12.8 Å². The highest BCUT2D eigenvalue weighted by Gasteiger charge is 2.12. The molecule has 1 heterocycles. The van der Waals surface area contributed by atoms with Crippen LogP contribution in [0.2, 0.25) is 5.02 Å². The molecule has 2 rings (SSSR count). The van der Waals surface area contributed by atoms with Crippen LogP contribution in [0.25, 0.3) is 0 Å². The van der Waals surface area contributed by atoms with Gasteiger partial charge in [-0.1, -0.05) is 24.4 Å². The molecule has 1 aliphatic rings. The summed E-state index contributed by atoms with van der Waals surface area (Å²) in [6.45, 7) is 1.87. The number of ether oxygens (including phenoxy) is 1. The molecule has 0 bridgehead atoms. The number of nitrogens with zero attached hydrogens (tertiary/aromatic N) is 1. The van der Waals surface area contributed by atoms with Gasteiger partial charge in [0.2, 0.25) is 0 Å². The van der Waals surface area contributed by atoms with Crippen molar-refractivity contribution in [3.8, 4) is 5.75 Å². The van der Waals surface area contributed by atoms with Crippen LogP contribution in [0.1, 0.15) is 25.7 Å². The Morgan fingerprint density at radius 1 is 1.15 bits per heavy atom. The molecule has 0 aromatic heterocycles. The van der Waals surface area contributed by atoms with E-state index in [4.69, 9.17) is 16.3 Å². The molecule has 20 heavy (non-hydrogen) atoms. The Kier molecular flexibility index (Phi) is 7.73. The smallest absolute Gasteiger partial charge is 0.272 e. The number of amides is 1. The lowest BCUT2D eigenvalue weighted by atomic mass is 10.2. The fourth-order valence-corrected chi connectivity index (χ4v) is 2.20. The molecule has 1 aliphatic heterocycles. The number of carbonyl (C=O) groups excluding carboxylic acids is 1. The zero-order valence-electron chi connectivity index (χ0n) is 11.3. The summed E-state index contributed by atoms with van der Waals surface area (Å²) in [5.41, 5.74) is 2.88. The molecule has 1 fully saturated rings. The number of benzene rings is 1. The van der Waals surface area contributed by atoms with E-state index in [-0.39, 0.29) is 24.9 Å². The fourth-order valence-electron chi connectivity index (χ4n) is 2.07. The standard InChI is InChI=1S/C14H19ClN2O2.ClH/c15-12-5-7-13(8-6-12)19-11-14(18)16-17-9-3-1-2-4-10-17;/h5-8H,1-4,9-11H2,(H,16,18);1H. The molecule has 112 valence electrons. The van der Waals surface area contributed by atoms with Crippen molar-refractivity contribution in [2.24, 2.45) is 0 Å². The van der Waals surface area contributed by atoms with E-state index < -0.39 is 0 Å². The van der Waals surface area contributed by atoms with Gasteiger partial charge in [-0.05, 0) is 37.1 Å². The van der Waals surface area contributed by atoms with Gasteiger partial charge in [0.1, 0.15) is 5.75 Å². The minimum Gasteiger partial charge on any atom is -0.484 e. The minimum atomic E-state index is -0.114. The van der Waals surface area contributed by atoms with Crippen LogP contribution in [0.4, 0.5) is 0 Å². The molecule has 4 nitrogen and oxygen atoms in total. The van der Waals surface area contributed by atoms with E-state index >= 15 is 0 Å². The zero-order valence-corrected chi connectivity index (χ0v) is 12.9. The second-order valence-corrected chi connectivity index (χ2v) is 5.12. The van der Waals surface area contributed by atoms with Crippen LogP contribution in [0, 0.1) is 0 Å². The third kappa shape index (κ3) is 5.99. The highest BCUT2D eigenvalue weighted by atomic mass is 35.5. The molecule has 1 N–H and O–H groups in total. The van der Waals surface area contributed by atoms with E-state index in [0.29, 0.717) is 10.8 Å². The summed E-state index contributed by atoms with van der Waals surface area (Å²) in [6.07, 6.45) is 4.76. The molecule has 6 heteroatoms. The summed E-state index contributed by atoms with van der Waals surface area (Å²) >= 11 is 5.78. The number of hydrazine groups is 1. The van der Waals surface area contributed by atoms with Crippen molar-refractivity contribution < 1.29 is 9.53 Å². The molecule has 1 saturated heterocycles. The quantitative estimate of drug-likeness (QED) is 0.927. The van der Waals surface area contributed by atoms with E-state index in [2.05, 4.69) is 5.43 Å². The van der Waals surface area contributed by atoms with E-state index in [1.54, 1.807) is 24.3 Å². The average Bonchev–Trinajstić information content (AvgIpc) is 2.67. The van der Waals surface area contributed by atoms with E-state index in [0.717, 1.165) is 25.9 Å². The van der Waals surface area contributed by atoms with Crippen molar-refractivity contribution in [2.75, 3.05) is 19.7 Å². The van der Waals surface area contributed by atoms with E-state index in [9.17, 15) is 4.79 Å². The number of hydrogen-bond donors (Lipinski definition) is 1. The first kappa shape index (κ1) is 17.1. The molecular formula is C14H20Cl2N2O2. The largest absolute Gasteiger partial charge is 0.484 e. The maximum Gasteiger partial charge on any atom is 0.272 e. The molecule has 0 spiro atoms. The van der Waals surface area contributed by atoms with Gasteiger partial charge in [0.25, 0.3) is 5.91 Å². The monoisotopic (exact) mass is 318 g/mol. The van der Waals surface area contributed by atoms with Crippen molar-refractivity contribution in [1.82, 2.24) is 10.4 Å². The van der Waals surface area contributed by atoms with Gasteiger partial charge in [-0.3, -0.25) is 10.2 Å². The van der Waals surface area contributed by atoms with Crippen LogP contribution in [-0.2, 0) is 4.79 Å². The summed E-state index contributed by atoms with van der Waals surface area (Å²) in [5, 5.41) is 2.64. The van der Waals surface area contributed by atoms with Crippen LogP contribution in [0.3, 0.4) is 0 Å². The fraction of sp³-hybridized carbons (Fsp3) is 0.500. The molecule has 0 aliphatic carbocycles. The van der Waals surface area contributed by atoms with Gasteiger partial charge in [-0.2, -0.15) is 0 Å². The normalized spacial score (nSPS) is 15.8. The van der Waals surface area contributed by atoms with Gasteiger partial charge in [-0.15, -0.1) is 12.4 Å². The SMILES string of the molecule is Cl.O=C(COc1ccc(Cl)cc1)NN1CCCCCC1. The van der Waals surface area contributed by atoms with Gasteiger partial charge in [0.05, 0.1) is 0 Å². The van der Waals surface area contributed by atoms with Crippen molar-refractivity contribution >= 4 is 29.9 Å². The third-order valence-corrected chi connectivity index (χ3v) is 3.32. The Bertz CT molecular complexity index is 404. The minimum absolute atomic E-state index is 0. The maximum absolute atomic E-state index is 11.8. The summed E-state index contributed by atoms with van der Waals surface area (Å²) in [4.78, 5) is 11.8. The first-order chi connectivity index (χ1) is 9.24. The molecule has 0 saturated carbocycles. The van der Waals surface area contributed by atoms with Gasteiger partial charge in [-0.25, -0.2) is 5.01 Å². The summed E-state index contributed by atoms with van der Waals surface area (Å²) in [6, 6.07) is 6.98. The van der Waals surface area contributed by atoms with Crippen LogP contribution in [-0.4, -0.2) is 30.6 Å². The Hall–Kier alpha value is -0.970. The van der Waals surface area contributed by atoms with E-state index in [1.807, 2.05) is 5.01 Å². The molecular weight excluding hydrogens is 299 g/mol. The molecule has 1 aromatic rings. The molecule has 0 atom stereocenters. The number of nitrogens with one attached hydrogen (secondary N) is 1. The van der Waals surface area contributed by atoms with Crippen molar-refractivity contribution in [3.05, 3.63) is 29.3 Å². The highest BCUT2D eigenvalue weighted by Crippen LogP contribution is 2.15. The first-order valence-corrected chi connectivity index (χ1v) is 7.04. The molecule has 0 radical (unpaired) electrons. The van der Waals surface area contributed by atoms with Gasteiger partial charge >= 0.3 is 0 Å². The second-order valence-electron chi connectivity index (χ2n) is 4.68. The van der Waals surface area contributed by atoms with Crippen molar-refractivity contribution in [2.45, 2.75) is 25.7 Å². The third-order valence-electron chi connectivity index (χ3n) is 3.07. The average molecular weight is 319 g/mol. The van der Waals surface area contributed by atoms with Crippen LogP contribution in [0.5, 0.6) is 5.75 Å². The summed E-state index contributed by atoms with van der Waals surface area (Å²) in [7, 11) is 0. The molecule has 1 aromatic carbocycles. The van der Waals surface area contributed by atoms with Crippen molar-refractivity contribution in [1.29, 1.82) is 0 Å². The van der Waals surface area contributed by atoms with Gasteiger partial charge in [0.15, 0.2) is 6.61 Å². The van der Waals surface area contributed by atoms with Gasteiger partial charge < -0.3 is 4.74 Å². The predicted octanol–water partition coefficient (Wildman–Crippen LogP) is 3.05. The Balaban J connectivity index is 0.00000200. The highest BCUT2D eigenvalue weighted by molar-refractivity contribution is 6.30. The lowest BCUT2D eigenvalue weighted by Crippen LogP contribution is -2.44. The lowest BCUT2D eigenvalue weighted by molar-refractivity contribution is -0.128. The Morgan fingerprint density at radius 2 is 1.75 bits per heavy atom.